The molecule has 2 heterocycles. The fraction of sp³-hybridized carbons (Fsp3) is 0.478. The van der Waals surface area contributed by atoms with Crippen molar-refractivity contribution in [1.29, 1.82) is 0 Å². The van der Waals surface area contributed by atoms with Gasteiger partial charge in [-0.25, -0.2) is 9.18 Å². The lowest BCUT2D eigenvalue weighted by Gasteiger charge is -2.29. The molecule has 0 atom stereocenters. The summed E-state index contributed by atoms with van der Waals surface area (Å²) >= 11 is 1.59. The number of hydrogen-bond donors (Lipinski definition) is 1. The Hall–Kier alpha value is -2.45. The van der Waals surface area contributed by atoms with Gasteiger partial charge in [0.2, 0.25) is 5.91 Å². The maximum Gasteiger partial charge on any atom is 0.317 e. The molecule has 168 valence electrons. The zero-order valence-corrected chi connectivity index (χ0v) is 18.9. The number of nitrogens with zero attached hydrogens (tertiary/aromatic N) is 3. The largest absolute Gasteiger partial charge is 0.338 e. The number of likely N-dealkylation sites (tertiary alicyclic amines) is 1. The lowest BCUT2D eigenvalue weighted by molar-refractivity contribution is -0.133. The van der Waals surface area contributed by atoms with Crippen molar-refractivity contribution >= 4 is 23.3 Å². The topological polar surface area (TPSA) is 55.9 Å². The van der Waals surface area contributed by atoms with Crippen LogP contribution in [0.2, 0.25) is 0 Å². The van der Waals surface area contributed by atoms with Crippen molar-refractivity contribution in [1.82, 2.24) is 20.0 Å². The highest BCUT2D eigenvalue weighted by Gasteiger charge is 2.23. The summed E-state index contributed by atoms with van der Waals surface area (Å²) in [5.74, 6) is -0.422. The lowest BCUT2D eigenvalue weighted by Crippen LogP contribution is -2.48. The molecule has 0 bridgehead atoms. The van der Waals surface area contributed by atoms with E-state index in [1.54, 1.807) is 33.3 Å². The van der Waals surface area contributed by atoms with E-state index in [1.165, 1.54) is 25.0 Å². The van der Waals surface area contributed by atoms with Gasteiger partial charge in [-0.1, -0.05) is 18.2 Å². The van der Waals surface area contributed by atoms with Gasteiger partial charge in [0, 0.05) is 31.1 Å². The van der Waals surface area contributed by atoms with Crippen LogP contribution in [-0.2, 0) is 17.9 Å². The van der Waals surface area contributed by atoms with Gasteiger partial charge in [0.05, 0.1) is 6.54 Å². The van der Waals surface area contributed by atoms with Crippen molar-refractivity contribution in [3.05, 3.63) is 58.0 Å². The number of thiophene rings is 1. The van der Waals surface area contributed by atoms with E-state index < -0.39 is 0 Å². The Kier molecular flexibility index (Phi) is 8.85. The maximum atomic E-state index is 13.3. The SMILES string of the molecule is CCNC(=O)N(CCN1CCCC1)CC(=O)N(Cc1ccc(F)cc1)Cc1cccs1. The summed E-state index contributed by atoms with van der Waals surface area (Å²) in [5.41, 5.74) is 0.855. The van der Waals surface area contributed by atoms with Crippen LogP contribution >= 0.6 is 11.3 Å². The first-order valence-corrected chi connectivity index (χ1v) is 11.7. The molecule has 1 aromatic carbocycles. The number of carbonyl (C=O) groups excluding carboxylic acids is 2. The Bertz CT molecular complexity index is 823. The molecule has 0 aliphatic carbocycles. The molecule has 1 aliphatic rings. The zero-order chi connectivity index (χ0) is 22.1. The summed E-state index contributed by atoms with van der Waals surface area (Å²) in [4.78, 5) is 32.6. The van der Waals surface area contributed by atoms with Crippen LogP contribution in [-0.4, -0.2) is 65.9 Å². The van der Waals surface area contributed by atoms with Gasteiger partial charge in [-0.3, -0.25) is 4.79 Å². The average Bonchev–Trinajstić information content (AvgIpc) is 3.46. The first-order chi connectivity index (χ1) is 15.0. The molecule has 6 nitrogen and oxygen atoms in total. The van der Waals surface area contributed by atoms with Crippen molar-refractivity contribution in [2.75, 3.05) is 39.3 Å². The minimum Gasteiger partial charge on any atom is -0.338 e. The van der Waals surface area contributed by atoms with Gasteiger partial charge in [-0.05, 0) is 62.0 Å². The monoisotopic (exact) mass is 446 g/mol. The predicted molar refractivity (Wildman–Crippen MR) is 121 cm³/mol. The first kappa shape index (κ1) is 23.2. The second kappa shape index (κ2) is 11.8. The Balaban J connectivity index is 1.69. The molecule has 3 amide bonds. The number of benzene rings is 1. The number of urea groups is 1. The molecule has 0 unspecified atom stereocenters. The van der Waals surface area contributed by atoms with Crippen LogP contribution in [0.25, 0.3) is 0 Å². The van der Waals surface area contributed by atoms with E-state index in [1.807, 2.05) is 24.4 Å². The summed E-state index contributed by atoms with van der Waals surface area (Å²) in [6.45, 7) is 6.62. The minimum absolute atomic E-state index is 0.0201. The zero-order valence-electron chi connectivity index (χ0n) is 18.1. The van der Waals surface area contributed by atoms with E-state index in [-0.39, 0.29) is 24.3 Å². The molecule has 2 aromatic rings. The number of carbonyl (C=O) groups is 2. The number of hydrogen-bond acceptors (Lipinski definition) is 4. The highest BCUT2D eigenvalue weighted by molar-refractivity contribution is 7.09. The van der Waals surface area contributed by atoms with E-state index in [0.717, 1.165) is 30.1 Å². The van der Waals surface area contributed by atoms with E-state index >= 15 is 0 Å². The molecule has 1 saturated heterocycles. The first-order valence-electron chi connectivity index (χ1n) is 10.8. The Morgan fingerprint density at radius 3 is 2.48 bits per heavy atom. The quantitative estimate of drug-likeness (QED) is 0.607. The van der Waals surface area contributed by atoms with Crippen LogP contribution in [0.4, 0.5) is 9.18 Å². The summed E-state index contributed by atoms with van der Waals surface area (Å²) < 4.78 is 13.3. The molecule has 1 fully saturated rings. The summed E-state index contributed by atoms with van der Waals surface area (Å²) in [5, 5.41) is 4.80. The molecule has 31 heavy (non-hydrogen) atoms. The van der Waals surface area contributed by atoms with Crippen LogP contribution in [0, 0.1) is 5.82 Å². The fourth-order valence-electron chi connectivity index (χ4n) is 3.68. The summed E-state index contributed by atoms with van der Waals surface area (Å²) in [6, 6.07) is 9.92. The highest BCUT2D eigenvalue weighted by atomic mass is 32.1. The Morgan fingerprint density at radius 2 is 1.84 bits per heavy atom. The molecule has 3 rings (SSSR count). The second-order valence-corrected chi connectivity index (χ2v) is 8.79. The smallest absolute Gasteiger partial charge is 0.317 e. The third kappa shape index (κ3) is 7.33. The van der Waals surface area contributed by atoms with Crippen molar-refractivity contribution in [3.8, 4) is 0 Å². The molecule has 8 heteroatoms. The lowest BCUT2D eigenvalue weighted by atomic mass is 10.2. The number of rotatable bonds is 10. The third-order valence-corrected chi connectivity index (χ3v) is 6.25. The van der Waals surface area contributed by atoms with Gasteiger partial charge in [0.15, 0.2) is 0 Å². The van der Waals surface area contributed by atoms with Crippen LogP contribution in [0.3, 0.4) is 0 Å². The van der Waals surface area contributed by atoms with E-state index in [9.17, 15) is 14.0 Å². The van der Waals surface area contributed by atoms with Crippen molar-refractivity contribution < 1.29 is 14.0 Å². The molecule has 0 saturated carbocycles. The normalized spacial score (nSPS) is 13.9. The molecular weight excluding hydrogens is 415 g/mol. The molecule has 0 spiro atoms. The van der Waals surface area contributed by atoms with Gasteiger partial charge in [0.25, 0.3) is 0 Å². The minimum atomic E-state index is -0.302. The molecule has 1 aromatic heterocycles. The molecule has 0 radical (unpaired) electrons. The van der Waals surface area contributed by atoms with E-state index in [2.05, 4.69) is 10.2 Å². The van der Waals surface area contributed by atoms with Gasteiger partial charge in [0.1, 0.15) is 12.4 Å². The summed E-state index contributed by atoms with van der Waals surface area (Å²) in [6.07, 6.45) is 2.37. The molecule has 1 N–H and O–H groups in total. The number of nitrogens with one attached hydrogen (secondary N) is 1. The Labute approximate surface area is 187 Å². The van der Waals surface area contributed by atoms with Crippen LogP contribution in [0.5, 0.6) is 0 Å². The van der Waals surface area contributed by atoms with Crippen molar-refractivity contribution in [2.24, 2.45) is 0 Å². The van der Waals surface area contributed by atoms with Gasteiger partial charge in [-0.2, -0.15) is 0 Å². The second-order valence-electron chi connectivity index (χ2n) is 7.76. The molecule has 1 aliphatic heterocycles. The number of halogens is 1. The van der Waals surface area contributed by atoms with Crippen molar-refractivity contribution in [3.63, 3.8) is 0 Å². The van der Waals surface area contributed by atoms with E-state index in [4.69, 9.17) is 0 Å². The average molecular weight is 447 g/mol. The number of amides is 3. The van der Waals surface area contributed by atoms with Gasteiger partial charge < -0.3 is 20.0 Å². The van der Waals surface area contributed by atoms with Gasteiger partial charge >= 0.3 is 6.03 Å². The maximum absolute atomic E-state index is 13.3. The van der Waals surface area contributed by atoms with Crippen LogP contribution in [0.1, 0.15) is 30.2 Å². The van der Waals surface area contributed by atoms with Crippen LogP contribution in [0.15, 0.2) is 41.8 Å². The third-order valence-electron chi connectivity index (χ3n) is 5.39. The molecular formula is C23H31FN4O2S. The standard InChI is InChI=1S/C23H31FN4O2S/c1-2-25-23(30)27(14-13-26-11-3-4-12-26)18-22(29)28(17-21-6-5-15-31-21)16-19-7-9-20(24)10-8-19/h5-10,15H,2-4,11-14,16-18H2,1H3,(H,25,30). The van der Waals surface area contributed by atoms with E-state index in [0.29, 0.717) is 26.2 Å². The van der Waals surface area contributed by atoms with Crippen molar-refractivity contribution in [2.45, 2.75) is 32.9 Å². The predicted octanol–water partition coefficient (Wildman–Crippen LogP) is 3.54. The Morgan fingerprint density at radius 1 is 1.10 bits per heavy atom. The van der Waals surface area contributed by atoms with Crippen LogP contribution < -0.4 is 5.32 Å². The fourth-order valence-corrected chi connectivity index (χ4v) is 4.40. The highest BCUT2D eigenvalue weighted by Crippen LogP contribution is 2.16. The summed E-state index contributed by atoms with van der Waals surface area (Å²) in [7, 11) is 0. The van der Waals surface area contributed by atoms with Gasteiger partial charge in [-0.15, -0.1) is 11.3 Å².